The van der Waals surface area contributed by atoms with Gasteiger partial charge in [0.2, 0.25) is 0 Å². The molecule has 0 radical (unpaired) electrons. The molecule has 0 aromatic carbocycles. The second kappa shape index (κ2) is 53.5. The summed E-state index contributed by atoms with van der Waals surface area (Å²) in [7, 11) is 0. The average Bonchev–Trinajstić information content (AvgIpc) is 2.85. The molecule has 0 nitrogen and oxygen atoms in total. The van der Waals surface area contributed by atoms with Crippen LogP contribution >= 0.6 is 11.3 Å². The van der Waals surface area contributed by atoms with Crippen LogP contribution in [0.1, 0.15) is 61.8 Å². The van der Waals surface area contributed by atoms with Crippen LogP contribution in [0.25, 0.3) is 0 Å². The minimum Gasteiger partial charge on any atom is -0.152 e. The topological polar surface area (TPSA) is 0 Å². The van der Waals surface area contributed by atoms with Crippen molar-refractivity contribution in [3.8, 4) is 0 Å². The van der Waals surface area contributed by atoms with Gasteiger partial charge in [0.25, 0.3) is 0 Å². The first-order valence-corrected chi connectivity index (χ1v) is 6.83. The molecule has 0 saturated carbocycles. The molecule has 0 aliphatic heterocycles. The summed E-state index contributed by atoms with van der Waals surface area (Å²) in [4.78, 5) is 0. The van der Waals surface area contributed by atoms with E-state index in [-0.39, 0.29) is 0 Å². The Labute approximate surface area is 96.4 Å². The van der Waals surface area contributed by atoms with Crippen molar-refractivity contribution in [3.05, 3.63) is 22.9 Å². The highest BCUT2D eigenvalue weighted by Crippen LogP contribution is 1.91. The minimum atomic E-state index is 1.25. The van der Waals surface area contributed by atoms with Crippen LogP contribution in [0, 0.1) is 0 Å². The van der Waals surface area contributed by atoms with Gasteiger partial charge in [-0.3, -0.25) is 0 Å². The van der Waals surface area contributed by atoms with E-state index in [1.165, 1.54) is 6.42 Å². The second-order valence-electron chi connectivity index (χ2n) is 1.50. The molecule has 1 heterocycles. The summed E-state index contributed by atoms with van der Waals surface area (Å²) in [6.07, 6.45) is 1.25. The Kier molecular flexibility index (Phi) is 89.8. The molecule has 0 N–H and O–H groups in total. The van der Waals surface area contributed by atoms with Crippen LogP contribution < -0.4 is 0 Å². The Hall–Kier alpha value is -0.300. The van der Waals surface area contributed by atoms with Crippen molar-refractivity contribution in [2.24, 2.45) is 0 Å². The molecule has 1 rings (SSSR count). The fourth-order valence-electron chi connectivity index (χ4n) is 0.227. The van der Waals surface area contributed by atoms with Crippen LogP contribution in [0.2, 0.25) is 0 Å². The van der Waals surface area contributed by atoms with Crippen LogP contribution in [0.3, 0.4) is 0 Å². The minimum absolute atomic E-state index is 1.25. The van der Waals surface area contributed by atoms with Gasteiger partial charge >= 0.3 is 0 Å². The largest absolute Gasteiger partial charge is 0.152 e. The lowest BCUT2D eigenvalue weighted by atomic mass is 10.6. The Morgan fingerprint density at radius 3 is 1.00 bits per heavy atom. The molecule has 0 spiro atoms. The zero-order valence-electron chi connectivity index (χ0n) is 11.4. The quantitative estimate of drug-likeness (QED) is 0.483. The van der Waals surface area contributed by atoms with Gasteiger partial charge in [0.05, 0.1) is 0 Å². The van der Waals surface area contributed by atoms with E-state index in [1.54, 1.807) is 11.3 Å². The number of hydrogen-bond acceptors (Lipinski definition) is 1. The predicted molar refractivity (Wildman–Crippen MR) is 74.3 cm³/mol. The third-order valence-corrected chi connectivity index (χ3v) is 1.05. The van der Waals surface area contributed by atoms with Gasteiger partial charge in [-0.2, -0.15) is 11.3 Å². The standard InChI is InChI=1S/C4H4S.C3H8.3C2H6/c1-2-4-5-3-1;1-3-2;3*1-2/h1-4H;3H2,1-2H3;3*1-2H3. The van der Waals surface area contributed by atoms with Crippen LogP contribution in [0.4, 0.5) is 0 Å². The summed E-state index contributed by atoms with van der Waals surface area (Å²) < 4.78 is 0. The van der Waals surface area contributed by atoms with E-state index in [1.807, 2.05) is 64.4 Å². The fourth-order valence-corrected chi connectivity index (χ4v) is 0.680. The zero-order valence-corrected chi connectivity index (χ0v) is 12.2. The highest BCUT2D eigenvalue weighted by Gasteiger charge is 1.58. The fraction of sp³-hybridized carbons (Fsp3) is 0.692. The lowest BCUT2D eigenvalue weighted by Crippen LogP contribution is -1.27. The van der Waals surface area contributed by atoms with Crippen molar-refractivity contribution in [1.29, 1.82) is 0 Å². The summed E-state index contributed by atoms with van der Waals surface area (Å²) in [5.41, 5.74) is 0. The van der Waals surface area contributed by atoms with Gasteiger partial charge in [-0.05, 0) is 10.8 Å². The molecule has 0 bridgehead atoms. The van der Waals surface area contributed by atoms with E-state index in [4.69, 9.17) is 0 Å². The van der Waals surface area contributed by atoms with Crippen molar-refractivity contribution in [1.82, 2.24) is 0 Å². The van der Waals surface area contributed by atoms with Crippen LogP contribution in [-0.4, -0.2) is 0 Å². The molecule has 1 aromatic heterocycles. The smallest absolute Gasteiger partial charge is 0.00934 e. The number of hydrogen-bond donors (Lipinski definition) is 0. The van der Waals surface area contributed by atoms with Gasteiger partial charge in [-0.15, -0.1) is 0 Å². The van der Waals surface area contributed by atoms with E-state index < -0.39 is 0 Å². The summed E-state index contributed by atoms with van der Waals surface area (Å²) in [6, 6.07) is 4.04. The first-order valence-electron chi connectivity index (χ1n) is 5.89. The maximum atomic E-state index is 2.12. The predicted octanol–water partition coefficient (Wildman–Crippen LogP) is 6.24. The van der Waals surface area contributed by atoms with Gasteiger partial charge < -0.3 is 0 Å². The van der Waals surface area contributed by atoms with Gasteiger partial charge in [0.15, 0.2) is 0 Å². The van der Waals surface area contributed by atoms with Crippen LogP contribution in [0.15, 0.2) is 22.9 Å². The zero-order chi connectivity index (χ0) is 12.2. The van der Waals surface area contributed by atoms with Gasteiger partial charge in [-0.25, -0.2) is 0 Å². The molecule has 88 valence electrons. The summed E-state index contributed by atoms with van der Waals surface area (Å²) >= 11 is 1.71. The van der Waals surface area contributed by atoms with E-state index in [0.717, 1.165) is 0 Å². The normalized spacial score (nSPS) is 5.43. The third kappa shape index (κ3) is 60.6. The molecule has 0 aliphatic rings. The van der Waals surface area contributed by atoms with Crippen molar-refractivity contribution >= 4 is 11.3 Å². The number of thiophene rings is 1. The molecular weight excluding hydrogens is 188 g/mol. The second-order valence-corrected chi connectivity index (χ2v) is 2.32. The highest BCUT2D eigenvalue weighted by molar-refractivity contribution is 7.07. The molecule has 1 aromatic rings. The summed E-state index contributed by atoms with van der Waals surface area (Å²) in [5, 5.41) is 4.08. The average molecular weight is 218 g/mol. The van der Waals surface area contributed by atoms with E-state index in [2.05, 4.69) is 13.8 Å². The third-order valence-electron chi connectivity index (χ3n) is 0.425. The highest BCUT2D eigenvalue weighted by atomic mass is 32.1. The van der Waals surface area contributed by atoms with Crippen molar-refractivity contribution < 1.29 is 0 Å². The van der Waals surface area contributed by atoms with Crippen molar-refractivity contribution in [3.63, 3.8) is 0 Å². The molecule has 0 saturated heterocycles. The molecule has 1 heteroatoms. The van der Waals surface area contributed by atoms with Crippen molar-refractivity contribution in [2.75, 3.05) is 0 Å². The lowest BCUT2D eigenvalue weighted by molar-refractivity contribution is 1.09. The van der Waals surface area contributed by atoms with Crippen LogP contribution in [0.5, 0.6) is 0 Å². The Bertz CT molecular complexity index is 72.1. The maximum absolute atomic E-state index is 2.12. The van der Waals surface area contributed by atoms with E-state index in [0.29, 0.717) is 0 Å². The Morgan fingerprint density at radius 2 is 0.929 bits per heavy atom. The Morgan fingerprint density at radius 1 is 0.714 bits per heavy atom. The van der Waals surface area contributed by atoms with E-state index >= 15 is 0 Å². The maximum Gasteiger partial charge on any atom is -0.00934 e. The van der Waals surface area contributed by atoms with Gasteiger partial charge in [-0.1, -0.05) is 73.9 Å². The van der Waals surface area contributed by atoms with Gasteiger partial charge in [0, 0.05) is 0 Å². The first kappa shape index (κ1) is 23.5. The summed E-state index contributed by atoms with van der Waals surface area (Å²) in [5.74, 6) is 0. The molecule has 0 amide bonds. The molecule has 0 aliphatic carbocycles. The molecular formula is C13H30S. The van der Waals surface area contributed by atoms with E-state index in [9.17, 15) is 0 Å². The molecule has 0 fully saturated rings. The monoisotopic (exact) mass is 218 g/mol. The first-order chi connectivity index (χ1) is 6.91. The lowest BCUT2D eigenvalue weighted by Gasteiger charge is -1.48. The molecule has 14 heavy (non-hydrogen) atoms. The molecule has 0 atom stereocenters. The SMILES string of the molecule is CC.CC.CC.CCC.c1ccsc1. The summed E-state index contributed by atoms with van der Waals surface area (Å²) in [6.45, 7) is 16.2. The van der Waals surface area contributed by atoms with Crippen molar-refractivity contribution in [2.45, 2.75) is 61.8 Å². The Balaban J connectivity index is -0.0000000494. The van der Waals surface area contributed by atoms with Gasteiger partial charge in [0.1, 0.15) is 0 Å². The molecule has 0 unspecified atom stereocenters. The number of rotatable bonds is 0. The van der Waals surface area contributed by atoms with Crippen LogP contribution in [-0.2, 0) is 0 Å².